The number of halogens is 1. The Kier molecular flexibility index (Phi) is 11.2. The second-order valence-corrected chi connectivity index (χ2v) is 23.1. The summed E-state index contributed by atoms with van der Waals surface area (Å²) in [5, 5.41) is 0.517. The molecule has 5 heteroatoms. The van der Waals surface area contributed by atoms with E-state index < -0.39 is 16.6 Å². The quantitative estimate of drug-likeness (QED) is 0.204. The highest BCUT2D eigenvalue weighted by molar-refractivity contribution is 14.1. The van der Waals surface area contributed by atoms with Crippen molar-refractivity contribution in [2.45, 2.75) is 118 Å². The van der Waals surface area contributed by atoms with Gasteiger partial charge < -0.3 is 8.85 Å². The van der Waals surface area contributed by atoms with E-state index in [-0.39, 0.29) is 10.1 Å². The Hall–Kier alpha value is 0.824. The van der Waals surface area contributed by atoms with Gasteiger partial charge in [0.2, 0.25) is 0 Å². The Morgan fingerprint density at radius 2 is 1.36 bits per heavy atom. The molecule has 0 aliphatic rings. The molecule has 0 aliphatic carbocycles. The number of rotatable bonds is 10. The zero-order valence-electron chi connectivity index (χ0n) is 21.1. The summed E-state index contributed by atoms with van der Waals surface area (Å²) in [5.41, 5.74) is 0. The number of allylic oxidation sites excluding steroid dienone is 1. The van der Waals surface area contributed by atoms with Gasteiger partial charge in [-0.1, -0.05) is 61.5 Å². The smallest absolute Gasteiger partial charge is 0.192 e. The van der Waals surface area contributed by atoms with Crippen molar-refractivity contribution in [3.05, 3.63) is 9.66 Å². The lowest BCUT2D eigenvalue weighted by atomic mass is 9.96. The molecule has 0 unspecified atom stereocenters. The zero-order chi connectivity index (χ0) is 22.6. The lowest BCUT2D eigenvalue weighted by molar-refractivity contribution is 0.122. The minimum absolute atomic E-state index is 0.241. The van der Waals surface area contributed by atoms with E-state index in [1.54, 1.807) is 0 Å². The third kappa shape index (κ3) is 9.75. The second kappa shape index (κ2) is 10.9. The highest BCUT2D eigenvalue weighted by Crippen LogP contribution is 2.40. The molecule has 0 radical (unpaired) electrons. The van der Waals surface area contributed by atoms with E-state index >= 15 is 0 Å². The lowest BCUT2D eigenvalue weighted by Gasteiger charge is -2.41. The molecule has 0 heterocycles. The zero-order valence-corrected chi connectivity index (χ0v) is 25.3. The lowest BCUT2D eigenvalue weighted by Crippen LogP contribution is -2.45. The Morgan fingerprint density at radius 3 is 1.75 bits per heavy atom. The monoisotopic (exact) mass is 540 g/mol. The molecular weight excluding hydrogens is 491 g/mol. The van der Waals surface area contributed by atoms with Gasteiger partial charge in [-0.3, -0.25) is 0 Å². The van der Waals surface area contributed by atoms with E-state index in [9.17, 15) is 0 Å². The van der Waals surface area contributed by atoms with Crippen molar-refractivity contribution < 1.29 is 8.85 Å². The minimum atomic E-state index is -1.78. The van der Waals surface area contributed by atoms with Gasteiger partial charge in [0.25, 0.3) is 0 Å². The van der Waals surface area contributed by atoms with Crippen LogP contribution in [0.4, 0.5) is 0 Å². The van der Waals surface area contributed by atoms with Crippen LogP contribution in [0.15, 0.2) is 9.66 Å². The molecule has 0 saturated carbocycles. The largest absolute Gasteiger partial charge is 0.417 e. The molecule has 2 nitrogen and oxygen atoms in total. The molecular formula is C23H49IO2Si2. The van der Waals surface area contributed by atoms with Crippen LogP contribution in [0.2, 0.25) is 36.3 Å². The number of hydrogen-bond acceptors (Lipinski definition) is 2. The van der Waals surface area contributed by atoms with Crippen LogP contribution in [0, 0.1) is 11.8 Å². The predicted molar refractivity (Wildman–Crippen MR) is 141 cm³/mol. The van der Waals surface area contributed by atoms with Crippen molar-refractivity contribution in [1.82, 2.24) is 0 Å². The maximum atomic E-state index is 6.87. The van der Waals surface area contributed by atoms with Crippen LogP contribution in [0.1, 0.15) is 75.2 Å². The van der Waals surface area contributed by atoms with Crippen LogP contribution < -0.4 is 0 Å². The van der Waals surface area contributed by atoms with Gasteiger partial charge in [-0.2, -0.15) is 0 Å². The molecule has 0 aliphatic heterocycles. The van der Waals surface area contributed by atoms with E-state index in [0.29, 0.717) is 17.9 Å². The molecule has 3 atom stereocenters. The third-order valence-corrected chi connectivity index (χ3v) is 16.2. The predicted octanol–water partition coefficient (Wildman–Crippen LogP) is 8.79. The van der Waals surface area contributed by atoms with Crippen LogP contribution in [0.5, 0.6) is 0 Å². The summed E-state index contributed by atoms with van der Waals surface area (Å²) in [6.45, 7) is 31.1. The topological polar surface area (TPSA) is 18.5 Å². The summed E-state index contributed by atoms with van der Waals surface area (Å²) in [6, 6.07) is 0. The van der Waals surface area contributed by atoms with Gasteiger partial charge in [0.1, 0.15) is 0 Å². The van der Waals surface area contributed by atoms with Crippen LogP contribution in [0.3, 0.4) is 0 Å². The van der Waals surface area contributed by atoms with Gasteiger partial charge in [-0.05, 0) is 94.0 Å². The molecule has 0 aromatic rings. The summed E-state index contributed by atoms with van der Waals surface area (Å²) >= 11 is 2.42. The fourth-order valence-corrected chi connectivity index (χ4v) is 5.70. The van der Waals surface area contributed by atoms with Crippen LogP contribution in [-0.4, -0.2) is 29.3 Å². The van der Waals surface area contributed by atoms with Gasteiger partial charge in [0.05, 0.1) is 6.10 Å². The van der Waals surface area contributed by atoms with E-state index in [1.165, 1.54) is 3.58 Å². The maximum absolute atomic E-state index is 6.87. The molecule has 0 N–H and O–H groups in total. The van der Waals surface area contributed by atoms with Gasteiger partial charge in [-0.15, -0.1) is 0 Å². The number of hydrogen-bond donors (Lipinski definition) is 0. The highest BCUT2D eigenvalue weighted by Gasteiger charge is 2.40. The normalized spacial score (nSPS) is 18.1. The third-order valence-electron chi connectivity index (χ3n) is 6.81. The summed E-state index contributed by atoms with van der Waals surface area (Å²) in [5.74, 6) is 1.01. The molecule has 0 amide bonds. The Labute approximate surface area is 193 Å². The van der Waals surface area contributed by atoms with Crippen LogP contribution >= 0.6 is 22.6 Å². The van der Waals surface area contributed by atoms with Gasteiger partial charge in [0.15, 0.2) is 16.6 Å². The molecule has 28 heavy (non-hydrogen) atoms. The van der Waals surface area contributed by atoms with Crippen molar-refractivity contribution in [1.29, 1.82) is 0 Å². The van der Waals surface area contributed by atoms with Crippen molar-refractivity contribution in [3.8, 4) is 0 Å². The van der Waals surface area contributed by atoms with E-state index in [2.05, 4.69) is 117 Å². The first-order valence-electron chi connectivity index (χ1n) is 11.0. The van der Waals surface area contributed by atoms with Crippen LogP contribution in [0.25, 0.3) is 0 Å². The molecule has 0 rings (SSSR count). The highest BCUT2D eigenvalue weighted by atomic mass is 127. The van der Waals surface area contributed by atoms with E-state index in [1.807, 2.05) is 0 Å². The fraction of sp³-hybridized carbons (Fsp3) is 0.913. The summed E-state index contributed by atoms with van der Waals surface area (Å²) in [7, 11) is -3.45. The molecule has 0 aromatic carbocycles. The average molecular weight is 541 g/mol. The second-order valence-electron chi connectivity index (χ2n) is 11.8. The Morgan fingerprint density at radius 1 is 0.893 bits per heavy atom. The van der Waals surface area contributed by atoms with Crippen molar-refractivity contribution in [3.63, 3.8) is 0 Å². The molecule has 0 bridgehead atoms. The first-order valence-corrected chi connectivity index (χ1v) is 17.9. The first-order chi connectivity index (χ1) is 12.3. The van der Waals surface area contributed by atoms with Gasteiger partial charge in [0, 0.05) is 6.61 Å². The van der Waals surface area contributed by atoms with Gasteiger partial charge in [-0.25, -0.2) is 0 Å². The van der Waals surface area contributed by atoms with Crippen LogP contribution in [-0.2, 0) is 8.85 Å². The molecule has 0 fully saturated rings. The molecule has 0 saturated heterocycles. The molecule has 0 spiro atoms. The molecule has 168 valence electrons. The Balaban J connectivity index is 5.04. The molecule has 0 aromatic heterocycles. The maximum Gasteiger partial charge on any atom is 0.192 e. The fourth-order valence-electron chi connectivity index (χ4n) is 2.55. The SMILES string of the molecule is C/C(I)=C\[C@H](C)[C@@H](CC[C@@H](C)CO[Si](C)(C)C(C)(C)C)O[Si](C)(C)C(C)(C)C. The average Bonchev–Trinajstić information content (AvgIpc) is 2.46. The van der Waals surface area contributed by atoms with Crippen molar-refractivity contribution in [2.75, 3.05) is 6.61 Å². The minimum Gasteiger partial charge on any atom is -0.417 e. The summed E-state index contributed by atoms with van der Waals surface area (Å²) in [6.07, 6.45) is 4.93. The van der Waals surface area contributed by atoms with Crippen molar-refractivity contribution >= 4 is 39.2 Å². The summed E-state index contributed by atoms with van der Waals surface area (Å²) < 4.78 is 14.7. The summed E-state index contributed by atoms with van der Waals surface area (Å²) in [4.78, 5) is 0. The first kappa shape index (κ1) is 28.8. The Bertz CT molecular complexity index is 498. The van der Waals surface area contributed by atoms with E-state index in [4.69, 9.17) is 8.85 Å². The standard InChI is InChI=1S/C23H49IO2Si2/c1-18(17-25-27(10,11)22(4,5)6)14-15-21(19(2)16-20(3)24)26-28(12,13)23(7,8)9/h16,18-19,21H,14-15,17H2,1-13H3/b20-16+/t18-,19+,21-/m1/s1. The van der Waals surface area contributed by atoms with E-state index in [0.717, 1.165) is 19.4 Å². The van der Waals surface area contributed by atoms with Crippen molar-refractivity contribution in [2.24, 2.45) is 11.8 Å². The van der Waals surface area contributed by atoms with Gasteiger partial charge >= 0.3 is 0 Å².